The Bertz CT molecular complexity index is 3350. The van der Waals surface area contributed by atoms with Crippen LogP contribution in [0, 0.1) is 17.8 Å². The van der Waals surface area contributed by atoms with Gasteiger partial charge in [0.15, 0.2) is 6.10 Å². The second kappa shape index (κ2) is 61.8. The lowest BCUT2D eigenvalue weighted by Gasteiger charge is -2.31. The number of hydrogen-bond donors (Lipinski definition) is 13. The van der Waals surface area contributed by atoms with E-state index < -0.39 is 132 Å². The van der Waals surface area contributed by atoms with E-state index in [0.717, 1.165) is 81.5 Å². The number of thiol groups is 1. The predicted octanol–water partition coefficient (Wildman–Crippen LogP) is 12.5. The first-order valence-electron chi connectivity index (χ1n) is 41.9. The number of hydrogen-bond acceptors (Lipinski definition) is 18. The van der Waals surface area contributed by atoms with Gasteiger partial charge in [0.1, 0.15) is 49.5 Å². The number of esters is 3. The third-order valence-electron chi connectivity index (χ3n) is 19.8. The number of nitrogens with zero attached hydrogens (tertiary/aromatic N) is 1. The number of benzene rings is 1. The van der Waals surface area contributed by atoms with Crippen molar-refractivity contribution in [1.29, 1.82) is 0 Å². The van der Waals surface area contributed by atoms with Crippen molar-refractivity contribution in [3.63, 3.8) is 0 Å². The van der Waals surface area contributed by atoms with Gasteiger partial charge in [0.2, 0.25) is 35.4 Å². The van der Waals surface area contributed by atoms with Crippen molar-refractivity contribution < 1.29 is 87.1 Å². The number of amides is 6. The van der Waals surface area contributed by atoms with Crippen LogP contribution < -0.4 is 37.6 Å². The standard InChI is InChI=1S/C43H76O8.C42H62N10O10S/c1-3-5-7-9-11-13-15-17-19-21-23-25-27-29-31-33-41(46)49-37-39(38-50-42(47)36-35-40(44)45)51-43(48)34-32-30-28-26-24-22-20-18-16-14-12-10-8-6-4-2;1-7-22(5)34(40(59)50-32(42(61)62)14-24-17-45-28-12-10-9-11-26(24)28)52-41(60)35(23(6)8-2)51-39(58)31(16-33(53)54)49-37(56)29(13-21(3)4)48-38(57)30(15-25-18-44-20-46-25)47-36(55)27(43)19-63/h17-20,39H,3-16,21-38H2,1-2H3,(H,44,45);9-12,17-18,20-23,27,29-32,34-35,45,63H,7-8,13-16,19,43H2,1-6H3,(H,44,46)(H,47,55)(H,48,57)(H,49,56)(H,50,59)(H,51,58)(H,52,60)(H,53,54)(H,61,62)/b19-17-,20-18-;/t39-;22-,23-,27-,29-,30-,31-,32-,34-,35-/m10/s1. The number of carbonyl (C=O) groups excluding carboxylic acids is 9. The minimum absolute atomic E-state index is 0.0106. The normalized spacial score (nSPS) is 14.0. The van der Waals surface area contributed by atoms with E-state index in [2.05, 4.69) is 97.6 Å². The summed E-state index contributed by atoms with van der Waals surface area (Å²) in [7, 11) is 0. The summed E-state index contributed by atoms with van der Waals surface area (Å²) in [6, 6.07) is -1.93. The molecule has 0 bridgehead atoms. The van der Waals surface area contributed by atoms with E-state index in [-0.39, 0.29) is 75.8 Å². The molecule has 114 heavy (non-hydrogen) atoms. The number of fused-ring (bicyclic) bond motifs is 1. The highest BCUT2D eigenvalue weighted by Crippen LogP contribution is 2.22. The van der Waals surface area contributed by atoms with Gasteiger partial charge in [0.25, 0.3) is 0 Å². The molecule has 6 amide bonds. The zero-order valence-electron chi connectivity index (χ0n) is 69.2. The van der Waals surface area contributed by atoms with Crippen molar-refractivity contribution >= 4 is 94.8 Å². The molecule has 0 fully saturated rings. The van der Waals surface area contributed by atoms with Gasteiger partial charge in [-0.1, -0.05) is 213 Å². The number of nitrogens with two attached hydrogens (primary N) is 1. The number of rotatable bonds is 64. The Labute approximate surface area is 681 Å². The van der Waals surface area contributed by atoms with Crippen LogP contribution >= 0.6 is 12.6 Å². The van der Waals surface area contributed by atoms with Gasteiger partial charge in [-0.2, -0.15) is 12.6 Å². The Morgan fingerprint density at radius 2 is 0.939 bits per heavy atom. The number of carbonyl (C=O) groups is 12. The number of nitrogens with one attached hydrogen (secondary N) is 8. The average molecular weight is 1620 g/mol. The lowest BCUT2D eigenvalue weighted by molar-refractivity contribution is -0.167. The van der Waals surface area contributed by atoms with Gasteiger partial charge in [0.05, 0.1) is 31.6 Å². The first kappa shape index (κ1) is 101. The number of aliphatic carboxylic acids is 3. The lowest BCUT2D eigenvalue weighted by atomic mass is 9.94. The van der Waals surface area contributed by atoms with Crippen LogP contribution in [-0.4, -0.2) is 169 Å². The van der Waals surface area contributed by atoms with Gasteiger partial charge >= 0.3 is 35.8 Å². The molecule has 0 aliphatic heterocycles. The number of unbranched alkanes of at least 4 members (excludes halogenated alkanes) is 22. The highest BCUT2D eigenvalue weighted by Gasteiger charge is 2.38. The van der Waals surface area contributed by atoms with Crippen LogP contribution in [0.1, 0.15) is 285 Å². The Hall–Kier alpha value is -8.60. The maximum atomic E-state index is 14.0. The van der Waals surface area contributed by atoms with Crippen molar-refractivity contribution in [2.24, 2.45) is 23.5 Å². The number of ether oxygens (including phenoxy) is 3. The smallest absolute Gasteiger partial charge is 0.326 e. The van der Waals surface area contributed by atoms with Gasteiger partial charge in [-0.3, -0.25) is 52.7 Å². The molecule has 29 heteroatoms. The molecule has 10 atom stereocenters. The van der Waals surface area contributed by atoms with Gasteiger partial charge in [0, 0.05) is 60.4 Å². The number of aromatic nitrogens is 3. The third-order valence-corrected chi connectivity index (χ3v) is 20.2. The van der Waals surface area contributed by atoms with E-state index in [1.807, 2.05) is 24.3 Å². The Morgan fingerprint density at radius 3 is 1.42 bits per heavy atom. The number of carboxylic acids is 3. The summed E-state index contributed by atoms with van der Waals surface area (Å²) in [5, 5.41) is 44.9. The quantitative estimate of drug-likeness (QED) is 0.00820. The van der Waals surface area contributed by atoms with E-state index in [1.165, 1.54) is 102 Å². The van der Waals surface area contributed by atoms with E-state index in [4.69, 9.17) is 25.1 Å². The molecular weight excluding hydrogens is 1480 g/mol. The van der Waals surface area contributed by atoms with Gasteiger partial charge < -0.3 is 77.1 Å². The van der Waals surface area contributed by atoms with Gasteiger partial charge in [-0.05, 0) is 100 Å². The van der Waals surface area contributed by atoms with E-state index >= 15 is 0 Å². The molecule has 13 N–H and O–H groups in total. The van der Waals surface area contributed by atoms with Crippen LogP contribution in [-0.2, 0) is 84.6 Å². The lowest BCUT2D eigenvalue weighted by Crippen LogP contribution is -2.61. The van der Waals surface area contributed by atoms with Crippen molar-refractivity contribution in [2.45, 2.75) is 335 Å². The average Bonchev–Trinajstić information content (AvgIpc) is 1.67. The molecule has 2 aromatic heterocycles. The predicted molar refractivity (Wildman–Crippen MR) is 444 cm³/mol. The van der Waals surface area contributed by atoms with E-state index in [1.54, 1.807) is 47.7 Å². The molecular formula is C85H138N10O18S. The van der Waals surface area contributed by atoms with Crippen LogP contribution in [0.25, 0.3) is 10.9 Å². The Morgan fingerprint density at radius 1 is 0.491 bits per heavy atom. The Balaban J connectivity index is 0.000000793. The number of imidazole rings is 1. The molecule has 642 valence electrons. The molecule has 3 aromatic rings. The van der Waals surface area contributed by atoms with Crippen LogP contribution in [0.5, 0.6) is 0 Å². The van der Waals surface area contributed by atoms with Crippen molar-refractivity contribution in [1.82, 2.24) is 46.9 Å². The summed E-state index contributed by atoms with van der Waals surface area (Å²) in [6.07, 6.45) is 43.0. The van der Waals surface area contributed by atoms with E-state index in [0.29, 0.717) is 30.5 Å². The molecule has 0 saturated heterocycles. The summed E-state index contributed by atoms with van der Waals surface area (Å²) in [5.74, 6) is -11.5. The Kier molecular flexibility index (Phi) is 55.0. The van der Waals surface area contributed by atoms with Gasteiger partial charge in [-0.25, -0.2) is 9.78 Å². The maximum Gasteiger partial charge on any atom is 0.326 e. The van der Waals surface area contributed by atoms with Crippen LogP contribution in [0.2, 0.25) is 0 Å². The summed E-state index contributed by atoms with van der Waals surface area (Å²) in [5.41, 5.74) is 7.76. The fraction of sp³-hybridized carbons (Fsp3) is 0.682. The topological polar surface area (TPSA) is 436 Å². The van der Waals surface area contributed by atoms with E-state index in [9.17, 15) is 67.7 Å². The fourth-order valence-electron chi connectivity index (χ4n) is 12.5. The highest BCUT2D eigenvalue weighted by molar-refractivity contribution is 7.80. The number of carboxylic acid groups (broad SMARTS) is 3. The van der Waals surface area contributed by atoms with Crippen molar-refractivity contribution in [3.05, 3.63) is 78.5 Å². The van der Waals surface area contributed by atoms with Gasteiger partial charge in [-0.15, -0.1) is 0 Å². The largest absolute Gasteiger partial charge is 0.481 e. The molecule has 3 rings (SSSR count). The molecule has 0 aliphatic carbocycles. The second-order valence-electron chi connectivity index (χ2n) is 30.2. The number of para-hydroxylation sites is 1. The number of allylic oxidation sites excluding steroid dienone is 4. The van der Waals surface area contributed by atoms with Crippen LogP contribution in [0.3, 0.4) is 0 Å². The molecule has 1 aromatic carbocycles. The summed E-state index contributed by atoms with van der Waals surface area (Å²) in [4.78, 5) is 164. The summed E-state index contributed by atoms with van der Waals surface area (Å²) in [6.45, 7) is 14.5. The van der Waals surface area contributed by atoms with Crippen LogP contribution in [0.4, 0.5) is 0 Å². The number of aromatic amines is 2. The van der Waals surface area contributed by atoms with Crippen molar-refractivity contribution in [2.75, 3.05) is 19.0 Å². The summed E-state index contributed by atoms with van der Waals surface area (Å²) < 4.78 is 16.0. The fourth-order valence-corrected chi connectivity index (χ4v) is 12.6. The number of H-pyrrole nitrogens is 2. The maximum absolute atomic E-state index is 14.0. The molecule has 2 heterocycles. The molecule has 0 unspecified atom stereocenters. The molecule has 0 spiro atoms. The van der Waals surface area contributed by atoms with Crippen LogP contribution in [0.15, 0.2) is 67.3 Å². The second-order valence-corrected chi connectivity index (χ2v) is 30.6. The first-order chi connectivity index (χ1) is 54.7. The highest BCUT2D eigenvalue weighted by atomic mass is 32.1. The first-order valence-corrected chi connectivity index (χ1v) is 42.5. The minimum Gasteiger partial charge on any atom is -0.481 e. The molecule has 0 radical (unpaired) electrons. The zero-order valence-corrected chi connectivity index (χ0v) is 70.1. The molecule has 0 saturated carbocycles. The molecule has 0 aliphatic rings. The monoisotopic (exact) mass is 1620 g/mol. The molecule has 28 nitrogen and oxygen atoms in total. The van der Waals surface area contributed by atoms with Crippen molar-refractivity contribution in [3.8, 4) is 0 Å². The SMILES string of the molecule is CCCCCCCC/C=C\CCCCCCCC(=O)OC[C@H](COC(=O)CCC(=O)O)OC(=O)CCCCCCC/C=C\CCCCCCCC.CC[C@H](C)[C@H](NC(=O)[C@H](CC(=O)O)NC(=O)[C@H](CC(C)C)NC(=O)[C@H](Cc1cnc[nH]1)NC(=O)[C@@H](N)CS)C(=O)N[C@H](C(=O)N[C@@H](Cc1c[nH]c2ccccc12)C(=O)O)[C@@H](C)CC. The third kappa shape index (κ3) is 46.1. The minimum atomic E-state index is -1.73. The zero-order chi connectivity index (χ0) is 84.4. The summed E-state index contributed by atoms with van der Waals surface area (Å²) >= 11 is 4.04.